The van der Waals surface area contributed by atoms with Gasteiger partial charge in [-0.25, -0.2) is 8.42 Å². The molecule has 1 aromatic rings. The van der Waals surface area contributed by atoms with Gasteiger partial charge in [-0.2, -0.15) is 4.31 Å². The van der Waals surface area contributed by atoms with E-state index in [4.69, 9.17) is 0 Å². The Morgan fingerprint density at radius 1 is 1.19 bits per heavy atom. The zero-order valence-electron chi connectivity index (χ0n) is 13.6. The molecule has 1 heterocycles. The van der Waals surface area contributed by atoms with E-state index in [1.165, 1.54) is 11.3 Å². The van der Waals surface area contributed by atoms with Crippen LogP contribution < -0.4 is 5.32 Å². The average Bonchev–Trinajstić information content (AvgIpc) is 2.87. The first-order valence-corrected chi connectivity index (χ1v) is 9.99. The number of sulfonamides is 1. The van der Waals surface area contributed by atoms with E-state index in [-0.39, 0.29) is 0 Å². The van der Waals surface area contributed by atoms with E-state index in [9.17, 15) is 8.42 Å². The lowest BCUT2D eigenvalue weighted by atomic mass is 10.3. The van der Waals surface area contributed by atoms with Crippen LogP contribution in [0.15, 0.2) is 16.3 Å². The molecule has 6 heteroatoms. The SMILES string of the molecule is CCCN(CCC)S(=O)(=O)c1ccc(CCNC(C)C)s1. The van der Waals surface area contributed by atoms with Crippen molar-refractivity contribution < 1.29 is 8.42 Å². The summed E-state index contributed by atoms with van der Waals surface area (Å²) >= 11 is 1.40. The number of nitrogens with one attached hydrogen (secondary N) is 1. The van der Waals surface area contributed by atoms with Crippen molar-refractivity contribution in [2.75, 3.05) is 19.6 Å². The van der Waals surface area contributed by atoms with Crippen LogP contribution in [-0.2, 0) is 16.4 Å². The summed E-state index contributed by atoms with van der Waals surface area (Å²) in [6, 6.07) is 4.15. The van der Waals surface area contributed by atoms with Crippen LogP contribution in [0.4, 0.5) is 0 Å². The molecule has 0 aromatic carbocycles. The Kier molecular flexibility index (Phi) is 7.87. The van der Waals surface area contributed by atoms with Gasteiger partial charge in [0.1, 0.15) is 4.21 Å². The van der Waals surface area contributed by atoms with Gasteiger partial charge in [0.05, 0.1) is 0 Å². The summed E-state index contributed by atoms with van der Waals surface area (Å²) in [6.07, 6.45) is 2.56. The Morgan fingerprint density at radius 2 is 1.81 bits per heavy atom. The molecule has 21 heavy (non-hydrogen) atoms. The maximum Gasteiger partial charge on any atom is 0.252 e. The molecular weight excluding hydrogens is 304 g/mol. The van der Waals surface area contributed by atoms with Gasteiger partial charge in [-0.3, -0.25) is 0 Å². The number of rotatable bonds is 10. The number of nitrogens with zero attached hydrogens (tertiary/aromatic N) is 1. The first kappa shape index (κ1) is 18.6. The maximum absolute atomic E-state index is 12.6. The molecule has 1 N–H and O–H groups in total. The fourth-order valence-corrected chi connectivity index (χ4v) is 5.23. The van der Waals surface area contributed by atoms with E-state index >= 15 is 0 Å². The molecule has 0 fully saturated rings. The molecule has 0 saturated heterocycles. The van der Waals surface area contributed by atoms with E-state index in [1.807, 2.05) is 19.9 Å². The Morgan fingerprint density at radius 3 is 2.33 bits per heavy atom. The first-order chi connectivity index (χ1) is 9.91. The zero-order chi connectivity index (χ0) is 15.9. The monoisotopic (exact) mass is 332 g/mol. The number of hydrogen-bond acceptors (Lipinski definition) is 4. The van der Waals surface area contributed by atoms with E-state index in [0.717, 1.165) is 30.7 Å². The highest BCUT2D eigenvalue weighted by molar-refractivity contribution is 7.91. The second kappa shape index (κ2) is 8.88. The van der Waals surface area contributed by atoms with Crippen LogP contribution in [0.3, 0.4) is 0 Å². The summed E-state index contributed by atoms with van der Waals surface area (Å²) in [6.45, 7) is 10.3. The Balaban J connectivity index is 2.76. The second-order valence-electron chi connectivity index (χ2n) is 5.48. The minimum absolute atomic E-state index is 0.456. The molecule has 0 saturated carbocycles. The minimum Gasteiger partial charge on any atom is -0.314 e. The highest BCUT2D eigenvalue weighted by atomic mass is 32.2. The summed E-state index contributed by atoms with van der Waals surface area (Å²) in [5, 5.41) is 3.35. The van der Waals surface area contributed by atoms with Gasteiger partial charge in [-0.15, -0.1) is 11.3 Å². The predicted octanol–water partition coefficient (Wildman–Crippen LogP) is 3.10. The van der Waals surface area contributed by atoms with Crippen molar-refractivity contribution >= 4 is 21.4 Å². The average molecular weight is 333 g/mol. The lowest BCUT2D eigenvalue weighted by Gasteiger charge is -2.19. The molecule has 0 unspecified atom stereocenters. The number of hydrogen-bond donors (Lipinski definition) is 1. The standard InChI is InChI=1S/C15H28N2O2S2/c1-5-11-17(12-6-2)21(18,19)15-8-7-14(20-15)9-10-16-13(3)4/h7-8,13,16H,5-6,9-12H2,1-4H3. The first-order valence-electron chi connectivity index (χ1n) is 7.74. The molecule has 122 valence electrons. The highest BCUT2D eigenvalue weighted by Crippen LogP contribution is 2.25. The van der Waals surface area contributed by atoms with Gasteiger partial charge in [0.25, 0.3) is 10.0 Å². The van der Waals surface area contributed by atoms with Crippen molar-refractivity contribution in [1.82, 2.24) is 9.62 Å². The zero-order valence-corrected chi connectivity index (χ0v) is 15.2. The number of thiophene rings is 1. The summed E-state index contributed by atoms with van der Waals surface area (Å²) in [5.41, 5.74) is 0. The molecule has 0 radical (unpaired) electrons. The van der Waals surface area contributed by atoms with E-state index in [1.54, 1.807) is 10.4 Å². The van der Waals surface area contributed by atoms with Crippen LogP contribution in [0.5, 0.6) is 0 Å². The predicted molar refractivity (Wildman–Crippen MR) is 90.5 cm³/mol. The van der Waals surface area contributed by atoms with E-state index < -0.39 is 10.0 Å². The molecular formula is C15H28N2O2S2. The third-order valence-corrected chi connectivity index (χ3v) is 6.61. The molecule has 0 aliphatic heterocycles. The molecule has 0 aliphatic rings. The largest absolute Gasteiger partial charge is 0.314 e. The fourth-order valence-electron chi connectivity index (χ4n) is 2.09. The minimum atomic E-state index is -3.31. The van der Waals surface area contributed by atoms with Gasteiger partial charge in [0.2, 0.25) is 0 Å². The van der Waals surface area contributed by atoms with Gasteiger partial charge in [-0.05, 0) is 31.4 Å². The molecule has 1 aromatic heterocycles. The highest BCUT2D eigenvalue weighted by Gasteiger charge is 2.24. The van der Waals surface area contributed by atoms with Crippen LogP contribution in [0.25, 0.3) is 0 Å². The van der Waals surface area contributed by atoms with Crippen LogP contribution in [0.2, 0.25) is 0 Å². The van der Waals surface area contributed by atoms with Gasteiger partial charge < -0.3 is 5.32 Å². The van der Waals surface area contributed by atoms with E-state index in [0.29, 0.717) is 23.3 Å². The van der Waals surface area contributed by atoms with Crippen molar-refractivity contribution in [3.63, 3.8) is 0 Å². The van der Waals surface area contributed by atoms with Gasteiger partial charge in [-0.1, -0.05) is 27.7 Å². The normalized spacial score (nSPS) is 12.5. The van der Waals surface area contributed by atoms with Gasteiger partial charge >= 0.3 is 0 Å². The van der Waals surface area contributed by atoms with Crippen LogP contribution in [0, 0.1) is 0 Å². The lowest BCUT2D eigenvalue weighted by molar-refractivity contribution is 0.411. The smallest absolute Gasteiger partial charge is 0.252 e. The topological polar surface area (TPSA) is 49.4 Å². The van der Waals surface area contributed by atoms with Crippen LogP contribution in [0.1, 0.15) is 45.4 Å². The third kappa shape index (κ3) is 5.70. The summed E-state index contributed by atoms with van der Waals surface area (Å²) in [5.74, 6) is 0. The Labute approximate surface area is 133 Å². The van der Waals surface area contributed by atoms with E-state index in [2.05, 4.69) is 19.2 Å². The van der Waals surface area contributed by atoms with Crippen LogP contribution >= 0.6 is 11.3 Å². The third-order valence-electron chi connectivity index (χ3n) is 3.10. The summed E-state index contributed by atoms with van der Waals surface area (Å²) in [4.78, 5) is 1.12. The Hall–Kier alpha value is -0.430. The summed E-state index contributed by atoms with van der Waals surface area (Å²) in [7, 11) is -3.31. The molecule has 0 spiro atoms. The molecule has 1 rings (SSSR count). The van der Waals surface area contributed by atoms with Crippen LogP contribution in [-0.4, -0.2) is 38.4 Å². The van der Waals surface area contributed by atoms with Gasteiger partial charge in [0, 0.05) is 30.6 Å². The maximum atomic E-state index is 12.6. The Bertz CT molecular complexity index is 503. The molecule has 0 atom stereocenters. The quantitative estimate of drug-likeness (QED) is 0.716. The van der Waals surface area contributed by atoms with Crippen molar-refractivity contribution in [1.29, 1.82) is 0 Å². The molecule has 4 nitrogen and oxygen atoms in total. The van der Waals surface area contributed by atoms with Crippen molar-refractivity contribution in [3.8, 4) is 0 Å². The molecule has 0 amide bonds. The summed E-state index contributed by atoms with van der Waals surface area (Å²) < 4.78 is 27.3. The second-order valence-corrected chi connectivity index (χ2v) is 8.82. The van der Waals surface area contributed by atoms with Crippen molar-refractivity contribution in [2.45, 2.75) is 57.2 Å². The van der Waals surface area contributed by atoms with Crippen molar-refractivity contribution in [3.05, 3.63) is 17.0 Å². The molecule has 0 aliphatic carbocycles. The lowest BCUT2D eigenvalue weighted by Crippen LogP contribution is -2.32. The van der Waals surface area contributed by atoms with Gasteiger partial charge in [0.15, 0.2) is 0 Å². The molecule has 0 bridgehead atoms. The fraction of sp³-hybridized carbons (Fsp3) is 0.733. The van der Waals surface area contributed by atoms with Crippen molar-refractivity contribution in [2.24, 2.45) is 0 Å².